The molecule has 0 spiro atoms. The van der Waals surface area contributed by atoms with E-state index in [9.17, 15) is 4.79 Å². The minimum atomic E-state index is -0.250. The summed E-state index contributed by atoms with van der Waals surface area (Å²) in [5.41, 5.74) is 1.33. The van der Waals surface area contributed by atoms with E-state index in [-0.39, 0.29) is 5.91 Å². The van der Waals surface area contributed by atoms with Crippen LogP contribution in [0, 0.1) is 0 Å². The van der Waals surface area contributed by atoms with Crippen LogP contribution in [0.5, 0.6) is 28.7 Å². The molecule has 2 aromatic rings. The molecule has 0 radical (unpaired) electrons. The van der Waals surface area contributed by atoms with Crippen molar-refractivity contribution in [1.82, 2.24) is 5.32 Å². The number of hydrogen-bond donors (Lipinski definition) is 1. The molecule has 2 heterocycles. The lowest BCUT2D eigenvalue weighted by Gasteiger charge is -2.14. The van der Waals surface area contributed by atoms with Crippen molar-refractivity contribution in [2.45, 2.75) is 19.4 Å². The molecular weight excluding hydrogens is 362 g/mol. The van der Waals surface area contributed by atoms with Gasteiger partial charge in [-0.2, -0.15) is 0 Å². The number of carbonyl (C=O) groups excluding carboxylic acids is 1. The number of carbonyl (C=O) groups is 1. The zero-order valence-corrected chi connectivity index (χ0v) is 15.8. The van der Waals surface area contributed by atoms with Crippen molar-refractivity contribution < 1.29 is 28.5 Å². The quantitative estimate of drug-likeness (QED) is 0.872. The first kappa shape index (κ1) is 18.3. The molecule has 0 aliphatic carbocycles. The molecule has 0 unspecified atom stereocenters. The van der Waals surface area contributed by atoms with Gasteiger partial charge in [0.1, 0.15) is 5.75 Å². The van der Waals surface area contributed by atoms with E-state index < -0.39 is 0 Å². The predicted molar refractivity (Wildman–Crippen MR) is 102 cm³/mol. The van der Waals surface area contributed by atoms with E-state index >= 15 is 0 Å². The fourth-order valence-corrected chi connectivity index (χ4v) is 3.13. The molecule has 2 aliphatic rings. The zero-order valence-electron chi connectivity index (χ0n) is 15.8. The van der Waals surface area contributed by atoms with Crippen molar-refractivity contribution in [2.24, 2.45) is 0 Å². The maximum Gasteiger partial charge on any atom is 0.255 e. The van der Waals surface area contributed by atoms with E-state index in [0.717, 1.165) is 24.2 Å². The van der Waals surface area contributed by atoms with Crippen LogP contribution in [0.25, 0.3) is 0 Å². The Labute approximate surface area is 163 Å². The molecule has 0 aromatic heterocycles. The summed E-state index contributed by atoms with van der Waals surface area (Å²) in [6.45, 7) is 2.75. The van der Waals surface area contributed by atoms with Gasteiger partial charge in [0.25, 0.3) is 5.91 Å². The lowest BCUT2D eigenvalue weighted by molar-refractivity contribution is 0.0947. The van der Waals surface area contributed by atoms with Gasteiger partial charge in [-0.3, -0.25) is 4.79 Å². The summed E-state index contributed by atoms with van der Waals surface area (Å²) in [6, 6.07) is 9.05. The first-order valence-corrected chi connectivity index (χ1v) is 9.39. The summed E-state index contributed by atoms with van der Waals surface area (Å²) in [4.78, 5) is 12.8. The number of ether oxygens (including phenoxy) is 5. The van der Waals surface area contributed by atoms with Crippen LogP contribution in [0.3, 0.4) is 0 Å². The van der Waals surface area contributed by atoms with E-state index in [1.54, 1.807) is 12.1 Å². The van der Waals surface area contributed by atoms with Crippen molar-refractivity contribution in [2.75, 3.05) is 33.5 Å². The summed E-state index contributed by atoms with van der Waals surface area (Å²) in [5.74, 6) is 2.78. The Kier molecular flexibility index (Phi) is 5.41. The summed E-state index contributed by atoms with van der Waals surface area (Å²) in [5, 5.41) is 2.92. The molecule has 7 heteroatoms. The maximum atomic E-state index is 12.8. The fourth-order valence-electron chi connectivity index (χ4n) is 3.13. The Hall–Kier alpha value is -3.09. The van der Waals surface area contributed by atoms with Gasteiger partial charge in [0.2, 0.25) is 0 Å². The number of benzene rings is 2. The van der Waals surface area contributed by atoms with Gasteiger partial charge in [-0.25, -0.2) is 0 Å². The van der Waals surface area contributed by atoms with Crippen LogP contribution in [0.2, 0.25) is 0 Å². The molecule has 148 valence electrons. The lowest BCUT2D eigenvalue weighted by Crippen LogP contribution is -2.23. The van der Waals surface area contributed by atoms with Crippen LogP contribution in [-0.4, -0.2) is 39.4 Å². The second-order valence-electron chi connectivity index (χ2n) is 6.56. The Morgan fingerprint density at radius 3 is 2.18 bits per heavy atom. The van der Waals surface area contributed by atoms with Crippen molar-refractivity contribution in [3.63, 3.8) is 0 Å². The Morgan fingerprint density at radius 2 is 1.50 bits per heavy atom. The van der Waals surface area contributed by atoms with Gasteiger partial charge in [0.05, 0.1) is 39.1 Å². The second-order valence-corrected chi connectivity index (χ2v) is 6.56. The number of amides is 1. The van der Waals surface area contributed by atoms with Crippen molar-refractivity contribution in [1.29, 1.82) is 0 Å². The molecule has 4 rings (SSSR count). The van der Waals surface area contributed by atoms with E-state index in [2.05, 4.69) is 5.32 Å². The monoisotopic (exact) mass is 385 g/mol. The number of fused-ring (bicyclic) bond motifs is 2. The molecule has 0 fully saturated rings. The molecular formula is C21H23NO6. The Morgan fingerprint density at radius 1 is 0.893 bits per heavy atom. The van der Waals surface area contributed by atoms with Crippen LogP contribution < -0.4 is 29.0 Å². The van der Waals surface area contributed by atoms with Gasteiger partial charge in [-0.1, -0.05) is 6.07 Å². The standard InChI is InChI=1S/C21H23NO6/c1-24-17-12-20-19(27-8-3-9-28-20)11-15(17)21(23)22-13-14-4-5-16-18(10-14)26-7-2-6-25-16/h4-5,10-12H,2-3,6-9,13H2,1H3,(H,22,23). The number of methoxy groups -OCH3 is 1. The topological polar surface area (TPSA) is 75.3 Å². The fraction of sp³-hybridized carbons (Fsp3) is 0.381. The highest BCUT2D eigenvalue weighted by Gasteiger charge is 2.20. The third-order valence-electron chi connectivity index (χ3n) is 4.58. The Balaban J connectivity index is 1.49. The zero-order chi connectivity index (χ0) is 19.3. The SMILES string of the molecule is COc1cc2c(cc1C(=O)NCc1ccc3c(c1)OCCCO3)OCCCO2. The number of nitrogens with one attached hydrogen (secondary N) is 1. The minimum Gasteiger partial charge on any atom is -0.496 e. The summed E-state index contributed by atoms with van der Waals surface area (Å²) < 4.78 is 28.1. The molecule has 2 aromatic carbocycles. The van der Waals surface area contributed by atoms with Gasteiger partial charge in [-0.05, 0) is 17.7 Å². The molecule has 0 saturated heterocycles. The molecule has 7 nitrogen and oxygen atoms in total. The first-order chi connectivity index (χ1) is 13.7. The maximum absolute atomic E-state index is 12.8. The molecule has 28 heavy (non-hydrogen) atoms. The van der Waals surface area contributed by atoms with Crippen molar-refractivity contribution in [3.8, 4) is 28.7 Å². The van der Waals surface area contributed by atoms with E-state index in [4.69, 9.17) is 23.7 Å². The summed E-state index contributed by atoms with van der Waals surface area (Å²) in [7, 11) is 1.53. The van der Waals surface area contributed by atoms with Gasteiger partial charge < -0.3 is 29.0 Å². The minimum absolute atomic E-state index is 0.250. The highest BCUT2D eigenvalue weighted by Crippen LogP contribution is 2.36. The lowest BCUT2D eigenvalue weighted by atomic mass is 10.1. The van der Waals surface area contributed by atoms with Gasteiger partial charge in [0, 0.05) is 31.5 Å². The smallest absolute Gasteiger partial charge is 0.255 e. The molecule has 1 N–H and O–H groups in total. The predicted octanol–water partition coefficient (Wildman–Crippen LogP) is 2.95. The molecule has 0 atom stereocenters. The second kappa shape index (κ2) is 8.29. The van der Waals surface area contributed by atoms with E-state index in [1.165, 1.54) is 7.11 Å². The van der Waals surface area contributed by atoms with Crippen LogP contribution >= 0.6 is 0 Å². The van der Waals surface area contributed by atoms with Crippen LogP contribution in [0.4, 0.5) is 0 Å². The third kappa shape index (κ3) is 3.93. The average molecular weight is 385 g/mol. The summed E-state index contributed by atoms with van der Waals surface area (Å²) in [6.07, 6.45) is 1.65. The normalized spacial score (nSPS) is 15.2. The van der Waals surface area contributed by atoms with Crippen LogP contribution in [-0.2, 0) is 6.54 Å². The van der Waals surface area contributed by atoms with Crippen LogP contribution in [0.15, 0.2) is 30.3 Å². The summed E-state index contributed by atoms with van der Waals surface area (Å²) >= 11 is 0. The van der Waals surface area contributed by atoms with Crippen LogP contribution in [0.1, 0.15) is 28.8 Å². The largest absolute Gasteiger partial charge is 0.496 e. The van der Waals surface area contributed by atoms with Gasteiger partial charge in [0.15, 0.2) is 23.0 Å². The molecule has 2 aliphatic heterocycles. The molecule has 0 bridgehead atoms. The van der Waals surface area contributed by atoms with Gasteiger partial charge >= 0.3 is 0 Å². The van der Waals surface area contributed by atoms with Crippen molar-refractivity contribution >= 4 is 5.91 Å². The van der Waals surface area contributed by atoms with E-state index in [0.29, 0.717) is 61.5 Å². The number of hydrogen-bond acceptors (Lipinski definition) is 6. The van der Waals surface area contributed by atoms with Crippen molar-refractivity contribution in [3.05, 3.63) is 41.5 Å². The van der Waals surface area contributed by atoms with E-state index in [1.807, 2.05) is 18.2 Å². The average Bonchev–Trinajstić information content (AvgIpc) is 3.10. The number of rotatable bonds is 4. The molecule has 0 saturated carbocycles. The molecule has 1 amide bonds. The van der Waals surface area contributed by atoms with Gasteiger partial charge in [-0.15, -0.1) is 0 Å². The third-order valence-corrected chi connectivity index (χ3v) is 4.58. The Bertz CT molecular complexity index is 866. The highest BCUT2D eigenvalue weighted by atomic mass is 16.5. The first-order valence-electron chi connectivity index (χ1n) is 9.39. The highest BCUT2D eigenvalue weighted by molar-refractivity contribution is 5.97.